The minimum absolute atomic E-state index is 0.105. The summed E-state index contributed by atoms with van der Waals surface area (Å²) in [4.78, 5) is 21.5. The van der Waals surface area contributed by atoms with Crippen LogP contribution in [0.5, 0.6) is 5.75 Å². The molecule has 0 aliphatic rings. The van der Waals surface area contributed by atoms with Crippen LogP contribution in [0.15, 0.2) is 24.3 Å². The first-order valence-electron chi connectivity index (χ1n) is 4.75. The molecule has 1 aromatic carbocycles. The minimum atomic E-state index is -1.33. The van der Waals surface area contributed by atoms with Gasteiger partial charge in [-0.3, -0.25) is 4.79 Å². The molecular formula is C11H12NO4-. The predicted molar refractivity (Wildman–Crippen MR) is 54.4 cm³/mol. The lowest BCUT2D eigenvalue weighted by atomic mass is 10.1. The quantitative estimate of drug-likeness (QED) is 0.697. The van der Waals surface area contributed by atoms with Gasteiger partial charge in [-0.15, -0.1) is 0 Å². The lowest BCUT2D eigenvalue weighted by Crippen LogP contribution is -2.48. The number of nitrogens with one attached hydrogen (secondary N) is 1. The van der Waals surface area contributed by atoms with E-state index in [2.05, 4.69) is 5.32 Å². The van der Waals surface area contributed by atoms with Crippen molar-refractivity contribution in [1.29, 1.82) is 0 Å². The molecule has 1 aromatic rings. The number of hydrogen-bond donors (Lipinski definition) is 2. The highest BCUT2D eigenvalue weighted by atomic mass is 16.4. The van der Waals surface area contributed by atoms with Gasteiger partial charge in [-0.05, 0) is 24.1 Å². The molecule has 0 fully saturated rings. The number of aromatic hydroxyl groups is 1. The van der Waals surface area contributed by atoms with Crippen LogP contribution in [-0.4, -0.2) is 23.0 Å². The zero-order chi connectivity index (χ0) is 12.1. The van der Waals surface area contributed by atoms with Crippen LogP contribution in [-0.2, 0) is 16.0 Å². The molecule has 86 valence electrons. The predicted octanol–water partition coefficient (Wildman–Crippen LogP) is -0.811. The van der Waals surface area contributed by atoms with Crippen LogP contribution in [0.4, 0.5) is 0 Å². The molecule has 16 heavy (non-hydrogen) atoms. The molecule has 0 radical (unpaired) electrons. The lowest BCUT2D eigenvalue weighted by Gasteiger charge is -2.18. The molecule has 0 spiro atoms. The molecule has 1 amide bonds. The first kappa shape index (κ1) is 12.0. The summed E-state index contributed by atoms with van der Waals surface area (Å²) >= 11 is 0. The fourth-order valence-corrected chi connectivity index (χ4v) is 1.31. The number of carboxylic acid groups (broad SMARTS) is 1. The Bertz CT molecular complexity index is 385. The maximum absolute atomic E-state index is 10.8. The van der Waals surface area contributed by atoms with Crippen LogP contribution in [0, 0.1) is 0 Å². The Morgan fingerprint density at radius 1 is 1.38 bits per heavy atom. The van der Waals surface area contributed by atoms with Crippen LogP contribution in [0.3, 0.4) is 0 Å². The van der Waals surface area contributed by atoms with Crippen molar-refractivity contribution in [3.63, 3.8) is 0 Å². The minimum Gasteiger partial charge on any atom is -0.548 e. The van der Waals surface area contributed by atoms with Crippen molar-refractivity contribution >= 4 is 11.9 Å². The summed E-state index contributed by atoms with van der Waals surface area (Å²) in [5.41, 5.74) is 0.695. The average molecular weight is 222 g/mol. The summed E-state index contributed by atoms with van der Waals surface area (Å²) in [7, 11) is 0. The van der Waals surface area contributed by atoms with Gasteiger partial charge in [0.05, 0.1) is 12.0 Å². The summed E-state index contributed by atoms with van der Waals surface area (Å²) in [6, 6.07) is 5.03. The molecule has 0 aliphatic heterocycles. The highest BCUT2D eigenvalue weighted by Crippen LogP contribution is 2.11. The topological polar surface area (TPSA) is 89.5 Å². The molecule has 1 rings (SSSR count). The largest absolute Gasteiger partial charge is 0.548 e. The number of phenolic OH excluding ortho intramolecular Hbond substituents is 1. The second-order valence-corrected chi connectivity index (χ2v) is 3.44. The maximum Gasteiger partial charge on any atom is 0.217 e. The van der Waals surface area contributed by atoms with E-state index in [1.54, 1.807) is 12.1 Å². The third kappa shape index (κ3) is 3.61. The first-order chi connectivity index (χ1) is 7.49. The highest BCUT2D eigenvalue weighted by Gasteiger charge is 2.11. The molecule has 5 heteroatoms. The Hall–Kier alpha value is -2.04. The highest BCUT2D eigenvalue weighted by molar-refractivity contribution is 5.81. The summed E-state index contributed by atoms with van der Waals surface area (Å²) < 4.78 is 0. The molecule has 0 heterocycles. The summed E-state index contributed by atoms with van der Waals surface area (Å²) in [5, 5.41) is 22.1. The molecule has 5 nitrogen and oxygen atoms in total. The van der Waals surface area contributed by atoms with E-state index >= 15 is 0 Å². The van der Waals surface area contributed by atoms with Gasteiger partial charge in [0.2, 0.25) is 5.91 Å². The third-order valence-corrected chi connectivity index (χ3v) is 2.04. The monoisotopic (exact) mass is 222 g/mol. The Morgan fingerprint density at radius 3 is 2.38 bits per heavy atom. The number of carbonyl (C=O) groups is 2. The number of amides is 1. The van der Waals surface area contributed by atoms with Crippen molar-refractivity contribution < 1.29 is 19.8 Å². The molecule has 0 aliphatic carbocycles. The molecule has 0 saturated carbocycles. The van der Waals surface area contributed by atoms with E-state index in [1.165, 1.54) is 19.1 Å². The van der Waals surface area contributed by atoms with Gasteiger partial charge in [-0.1, -0.05) is 12.1 Å². The fraction of sp³-hybridized carbons (Fsp3) is 0.273. The van der Waals surface area contributed by atoms with E-state index in [-0.39, 0.29) is 12.2 Å². The van der Waals surface area contributed by atoms with E-state index in [1.807, 2.05) is 0 Å². The van der Waals surface area contributed by atoms with Gasteiger partial charge < -0.3 is 20.3 Å². The number of carboxylic acids is 1. The lowest BCUT2D eigenvalue weighted by molar-refractivity contribution is -0.308. The van der Waals surface area contributed by atoms with Gasteiger partial charge in [0.1, 0.15) is 5.75 Å². The summed E-state index contributed by atoms with van der Waals surface area (Å²) in [6.45, 7) is 1.24. The van der Waals surface area contributed by atoms with Crippen molar-refractivity contribution in [3.8, 4) is 5.75 Å². The normalized spacial score (nSPS) is 11.8. The smallest absolute Gasteiger partial charge is 0.217 e. The van der Waals surface area contributed by atoms with E-state index in [0.29, 0.717) is 5.56 Å². The van der Waals surface area contributed by atoms with Gasteiger partial charge in [0.25, 0.3) is 0 Å². The van der Waals surface area contributed by atoms with Crippen LogP contribution < -0.4 is 10.4 Å². The molecule has 0 unspecified atom stereocenters. The number of phenols is 1. The van der Waals surface area contributed by atoms with Crippen LogP contribution >= 0.6 is 0 Å². The van der Waals surface area contributed by atoms with Gasteiger partial charge in [-0.25, -0.2) is 0 Å². The second kappa shape index (κ2) is 5.16. The maximum atomic E-state index is 10.8. The molecule has 0 bridgehead atoms. The molecule has 0 saturated heterocycles. The van der Waals surface area contributed by atoms with E-state index in [9.17, 15) is 14.7 Å². The first-order valence-corrected chi connectivity index (χ1v) is 4.75. The Labute approximate surface area is 92.7 Å². The SMILES string of the molecule is CC(=O)N[C@@H](Cc1ccc(O)cc1)C(=O)[O-]. The van der Waals surface area contributed by atoms with Crippen LogP contribution in [0.2, 0.25) is 0 Å². The van der Waals surface area contributed by atoms with Crippen molar-refractivity contribution in [1.82, 2.24) is 5.32 Å². The van der Waals surface area contributed by atoms with Crippen molar-refractivity contribution in [3.05, 3.63) is 29.8 Å². The average Bonchev–Trinajstić information content (AvgIpc) is 2.19. The Morgan fingerprint density at radius 2 is 1.94 bits per heavy atom. The van der Waals surface area contributed by atoms with Gasteiger partial charge >= 0.3 is 0 Å². The van der Waals surface area contributed by atoms with E-state index < -0.39 is 17.9 Å². The van der Waals surface area contributed by atoms with Crippen LogP contribution in [0.1, 0.15) is 12.5 Å². The van der Waals surface area contributed by atoms with Gasteiger partial charge in [0, 0.05) is 6.92 Å². The Kier molecular flexibility index (Phi) is 3.88. The fourth-order valence-electron chi connectivity index (χ4n) is 1.31. The van der Waals surface area contributed by atoms with Gasteiger partial charge in [0.15, 0.2) is 0 Å². The van der Waals surface area contributed by atoms with E-state index in [4.69, 9.17) is 5.11 Å². The molecule has 0 aromatic heterocycles. The zero-order valence-corrected chi connectivity index (χ0v) is 8.77. The van der Waals surface area contributed by atoms with Crippen molar-refractivity contribution in [2.75, 3.05) is 0 Å². The number of aliphatic carboxylic acids is 1. The summed E-state index contributed by atoms with van der Waals surface area (Å²) in [5.74, 6) is -1.65. The summed E-state index contributed by atoms with van der Waals surface area (Å²) in [6.07, 6.45) is 0.127. The standard InChI is InChI=1S/C11H13NO4/c1-7(13)12-10(11(15)16)6-8-2-4-9(14)5-3-8/h2-5,10,14H,6H2,1H3,(H,12,13)(H,15,16)/p-1/t10-/m0/s1. The van der Waals surface area contributed by atoms with Crippen LogP contribution in [0.25, 0.3) is 0 Å². The number of carbonyl (C=O) groups excluding carboxylic acids is 2. The van der Waals surface area contributed by atoms with Crippen molar-refractivity contribution in [2.24, 2.45) is 0 Å². The number of hydrogen-bond acceptors (Lipinski definition) is 4. The number of rotatable bonds is 4. The molecule has 2 N–H and O–H groups in total. The van der Waals surface area contributed by atoms with Gasteiger partial charge in [-0.2, -0.15) is 0 Å². The Balaban J connectivity index is 2.71. The third-order valence-electron chi connectivity index (χ3n) is 2.04. The number of benzene rings is 1. The zero-order valence-electron chi connectivity index (χ0n) is 8.77. The molecular weight excluding hydrogens is 210 g/mol. The van der Waals surface area contributed by atoms with E-state index in [0.717, 1.165) is 0 Å². The van der Waals surface area contributed by atoms with Crippen molar-refractivity contribution in [2.45, 2.75) is 19.4 Å². The second-order valence-electron chi connectivity index (χ2n) is 3.44. The molecule has 1 atom stereocenters.